The molecule has 1 saturated carbocycles. The minimum atomic E-state index is 0. The molecule has 0 spiro atoms. The molecular formula is C14H28ClN. The minimum absolute atomic E-state index is 0. The van der Waals surface area contributed by atoms with Gasteiger partial charge < -0.3 is 4.90 Å². The standard InChI is InChI=1S/C14H27N.ClH/c1-12(2)15-10-8-14(9-11-15)13-6-4-3-5-7-13;/h12-14H,3-11H2,1-2H3;1H. The third-order valence-corrected chi connectivity index (χ3v) is 4.62. The predicted octanol–water partition coefficient (Wildman–Crippen LogP) is 4.11. The van der Waals surface area contributed by atoms with Gasteiger partial charge in [-0.05, 0) is 51.6 Å². The van der Waals surface area contributed by atoms with Crippen LogP contribution < -0.4 is 0 Å². The van der Waals surface area contributed by atoms with Gasteiger partial charge in [0.25, 0.3) is 0 Å². The Hall–Kier alpha value is 0.250. The summed E-state index contributed by atoms with van der Waals surface area (Å²) in [6, 6.07) is 0.761. The van der Waals surface area contributed by atoms with Crippen LogP contribution in [0.2, 0.25) is 0 Å². The summed E-state index contributed by atoms with van der Waals surface area (Å²) in [6.07, 6.45) is 10.5. The van der Waals surface area contributed by atoms with Crippen LogP contribution in [0.25, 0.3) is 0 Å². The van der Waals surface area contributed by atoms with Crippen LogP contribution in [0.1, 0.15) is 58.8 Å². The van der Waals surface area contributed by atoms with E-state index in [1.165, 1.54) is 58.0 Å². The second kappa shape index (κ2) is 6.86. The van der Waals surface area contributed by atoms with E-state index in [2.05, 4.69) is 18.7 Å². The SMILES string of the molecule is CC(C)N1CCC(C2CCCCC2)CC1.Cl. The van der Waals surface area contributed by atoms with Crippen LogP contribution in [0.5, 0.6) is 0 Å². The second-order valence-corrected chi connectivity index (χ2v) is 5.87. The van der Waals surface area contributed by atoms with E-state index in [9.17, 15) is 0 Å². The van der Waals surface area contributed by atoms with E-state index in [4.69, 9.17) is 0 Å². The van der Waals surface area contributed by atoms with Crippen LogP contribution in [0, 0.1) is 11.8 Å². The molecule has 0 atom stereocenters. The van der Waals surface area contributed by atoms with Crippen molar-refractivity contribution in [3.63, 3.8) is 0 Å². The molecule has 2 rings (SSSR count). The molecule has 1 aliphatic carbocycles. The van der Waals surface area contributed by atoms with Crippen LogP contribution >= 0.6 is 12.4 Å². The highest BCUT2D eigenvalue weighted by Gasteiger charge is 2.27. The molecular weight excluding hydrogens is 218 g/mol. The molecule has 96 valence electrons. The van der Waals surface area contributed by atoms with E-state index in [0.29, 0.717) is 0 Å². The van der Waals surface area contributed by atoms with Gasteiger partial charge in [0.2, 0.25) is 0 Å². The van der Waals surface area contributed by atoms with Crippen molar-refractivity contribution < 1.29 is 0 Å². The monoisotopic (exact) mass is 245 g/mol. The summed E-state index contributed by atoms with van der Waals surface area (Å²) in [4.78, 5) is 2.65. The number of likely N-dealkylation sites (tertiary alicyclic amines) is 1. The Kier molecular flexibility index (Phi) is 6.13. The van der Waals surface area contributed by atoms with Crippen molar-refractivity contribution in [2.24, 2.45) is 11.8 Å². The van der Waals surface area contributed by atoms with Gasteiger partial charge >= 0.3 is 0 Å². The van der Waals surface area contributed by atoms with Gasteiger partial charge in [-0.25, -0.2) is 0 Å². The van der Waals surface area contributed by atoms with Crippen LogP contribution in [0.3, 0.4) is 0 Å². The number of rotatable bonds is 2. The molecule has 16 heavy (non-hydrogen) atoms. The first-order valence-corrected chi connectivity index (χ1v) is 7.01. The van der Waals surface area contributed by atoms with E-state index in [1.807, 2.05) is 0 Å². The van der Waals surface area contributed by atoms with Crippen LogP contribution in [-0.2, 0) is 0 Å². The topological polar surface area (TPSA) is 3.24 Å². The molecule has 0 aromatic carbocycles. The molecule has 2 fully saturated rings. The van der Waals surface area contributed by atoms with Crippen molar-refractivity contribution in [3.05, 3.63) is 0 Å². The quantitative estimate of drug-likeness (QED) is 0.708. The van der Waals surface area contributed by atoms with Crippen LogP contribution in [0.15, 0.2) is 0 Å². The highest BCUT2D eigenvalue weighted by Crippen LogP contribution is 2.35. The lowest BCUT2D eigenvalue weighted by Crippen LogP contribution is -2.40. The zero-order valence-corrected chi connectivity index (χ0v) is 11.8. The average molecular weight is 246 g/mol. The fourth-order valence-electron chi connectivity index (χ4n) is 3.51. The first-order chi connectivity index (χ1) is 7.27. The molecule has 0 aromatic rings. The maximum absolute atomic E-state index is 2.65. The minimum Gasteiger partial charge on any atom is -0.301 e. The molecule has 0 aromatic heterocycles. The zero-order chi connectivity index (χ0) is 10.7. The van der Waals surface area contributed by atoms with Crippen molar-refractivity contribution in [1.29, 1.82) is 0 Å². The molecule has 2 heteroatoms. The van der Waals surface area contributed by atoms with Crippen molar-refractivity contribution in [2.45, 2.75) is 64.8 Å². The van der Waals surface area contributed by atoms with Crippen molar-refractivity contribution in [1.82, 2.24) is 4.90 Å². The Morgan fingerprint density at radius 3 is 1.81 bits per heavy atom. The molecule has 0 unspecified atom stereocenters. The lowest BCUT2D eigenvalue weighted by Gasteiger charge is -2.39. The summed E-state index contributed by atoms with van der Waals surface area (Å²) in [5.41, 5.74) is 0. The van der Waals surface area contributed by atoms with Gasteiger partial charge in [0.05, 0.1) is 0 Å². The number of nitrogens with zero attached hydrogens (tertiary/aromatic N) is 1. The molecule has 1 heterocycles. The number of hydrogen-bond acceptors (Lipinski definition) is 1. The van der Waals surface area contributed by atoms with Gasteiger partial charge in [-0.1, -0.05) is 32.1 Å². The molecule has 0 amide bonds. The van der Waals surface area contributed by atoms with Crippen molar-refractivity contribution in [3.8, 4) is 0 Å². The largest absolute Gasteiger partial charge is 0.301 e. The normalized spacial score (nSPS) is 25.7. The molecule has 0 bridgehead atoms. The Labute approximate surface area is 107 Å². The van der Waals surface area contributed by atoms with Gasteiger partial charge in [-0.3, -0.25) is 0 Å². The zero-order valence-electron chi connectivity index (χ0n) is 11.0. The highest BCUT2D eigenvalue weighted by molar-refractivity contribution is 5.85. The fraction of sp³-hybridized carbons (Fsp3) is 1.00. The first kappa shape index (κ1) is 14.3. The Morgan fingerprint density at radius 2 is 1.31 bits per heavy atom. The Balaban J connectivity index is 0.00000128. The maximum atomic E-state index is 2.65. The number of piperidine rings is 1. The third kappa shape index (κ3) is 3.63. The van der Waals surface area contributed by atoms with Gasteiger partial charge in [0.1, 0.15) is 0 Å². The molecule has 1 saturated heterocycles. The second-order valence-electron chi connectivity index (χ2n) is 5.87. The summed E-state index contributed by atoms with van der Waals surface area (Å²) in [7, 11) is 0. The highest BCUT2D eigenvalue weighted by atomic mass is 35.5. The smallest absolute Gasteiger partial charge is 0.00385 e. The summed E-state index contributed by atoms with van der Waals surface area (Å²) in [5, 5.41) is 0. The molecule has 1 aliphatic heterocycles. The van der Waals surface area contributed by atoms with Gasteiger partial charge in [-0.2, -0.15) is 0 Å². The Bertz CT molecular complexity index is 179. The number of halogens is 1. The maximum Gasteiger partial charge on any atom is 0.00385 e. The summed E-state index contributed by atoms with van der Waals surface area (Å²) in [5.74, 6) is 2.16. The molecule has 0 radical (unpaired) electrons. The summed E-state index contributed by atoms with van der Waals surface area (Å²) < 4.78 is 0. The van der Waals surface area contributed by atoms with Gasteiger partial charge in [0, 0.05) is 6.04 Å². The van der Waals surface area contributed by atoms with Crippen LogP contribution in [0.4, 0.5) is 0 Å². The lowest BCUT2D eigenvalue weighted by atomic mass is 9.76. The Morgan fingerprint density at radius 1 is 0.812 bits per heavy atom. The van der Waals surface area contributed by atoms with E-state index in [1.54, 1.807) is 0 Å². The average Bonchev–Trinajstić information content (AvgIpc) is 2.30. The van der Waals surface area contributed by atoms with E-state index in [0.717, 1.165) is 17.9 Å². The molecule has 2 aliphatic rings. The predicted molar refractivity (Wildman–Crippen MR) is 73.3 cm³/mol. The molecule has 1 nitrogen and oxygen atoms in total. The van der Waals surface area contributed by atoms with Gasteiger partial charge in [0.15, 0.2) is 0 Å². The van der Waals surface area contributed by atoms with Crippen molar-refractivity contribution >= 4 is 12.4 Å². The third-order valence-electron chi connectivity index (χ3n) is 4.62. The molecule has 0 N–H and O–H groups in total. The van der Waals surface area contributed by atoms with Crippen LogP contribution in [-0.4, -0.2) is 24.0 Å². The first-order valence-electron chi connectivity index (χ1n) is 7.01. The van der Waals surface area contributed by atoms with E-state index in [-0.39, 0.29) is 12.4 Å². The van der Waals surface area contributed by atoms with Crippen molar-refractivity contribution in [2.75, 3.05) is 13.1 Å². The lowest BCUT2D eigenvalue weighted by molar-refractivity contribution is 0.106. The summed E-state index contributed by atoms with van der Waals surface area (Å²) in [6.45, 7) is 7.39. The summed E-state index contributed by atoms with van der Waals surface area (Å²) >= 11 is 0. The van der Waals surface area contributed by atoms with Gasteiger partial charge in [-0.15, -0.1) is 12.4 Å². The van der Waals surface area contributed by atoms with E-state index < -0.39 is 0 Å². The fourth-order valence-corrected chi connectivity index (χ4v) is 3.51. The van der Waals surface area contributed by atoms with E-state index >= 15 is 0 Å². The number of hydrogen-bond donors (Lipinski definition) is 0.